The molecule has 0 aliphatic heterocycles. The SMILES string of the molecule is Cc1ccc(S(=O)(=O)N(c2cnc3c(N)ncnn23)C23CCC(C#N)(C2)C3)cc1. The predicted octanol–water partition coefficient (Wildman–Crippen LogP) is 2.05. The molecule has 10 heteroatoms. The summed E-state index contributed by atoms with van der Waals surface area (Å²) in [5.41, 5.74) is 6.05. The zero-order chi connectivity index (χ0) is 20.4. The molecular weight excluding hydrogens is 390 g/mol. The second-order valence-electron chi connectivity index (χ2n) is 8.05. The van der Waals surface area contributed by atoms with Crippen LogP contribution in [-0.4, -0.2) is 33.5 Å². The molecule has 2 heterocycles. The molecule has 1 aromatic carbocycles. The lowest BCUT2D eigenvalue weighted by Crippen LogP contribution is -2.58. The van der Waals surface area contributed by atoms with Crippen molar-refractivity contribution in [3.8, 4) is 6.07 Å². The van der Waals surface area contributed by atoms with Gasteiger partial charge in [0.15, 0.2) is 17.3 Å². The van der Waals surface area contributed by atoms with Gasteiger partial charge in [-0.1, -0.05) is 17.7 Å². The number of nitrogen functional groups attached to an aromatic ring is 1. The number of aryl methyl sites for hydroxylation is 1. The summed E-state index contributed by atoms with van der Waals surface area (Å²) in [5, 5.41) is 13.8. The normalized spacial score (nSPS) is 25.5. The number of hydrogen-bond acceptors (Lipinski definition) is 7. The minimum absolute atomic E-state index is 0.169. The van der Waals surface area contributed by atoms with E-state index in [1.165, 1.54) is 21.3 Å². The Morgan fingerprint density at radius 3 is 2.59 bits per heavy atom. The van der Waals surface area contributed by atoms with Gasteiger partial charge in [0.1, 0.15) is 6.33 Å². The molecule has 0 amide bonds. The van der Waals surface area contributed by atoms with Gasteiger partial charge < -0.3 is 5.73 Å². The fourth-order valence-electron chi connectivity index (χ4n) is 4.81. The first-order valence-corrected chi connectivity index (χ1v) is 10.7. The third-order valence-electron chi connectivity index (χ3n) is 6.15. The molecule has 0 saturated heterocycles. The van der Waals surface area contributed by atoms with E-state index < -0.39 is 21.0 Å². The van der Waals surface area contributed by atoms with Crippen LogP contribution in [-0.2, 0) is 10.0 Å². The van der Waals surface area contributed by atoms with Crippen LogP contribution in [0.4, 0.5) is 11.6 Å². The molecule has 2 aromatic heterocycles. The summed E-state index contributed by atoms with van der Waals surface area (Å²) in [4.78, 5) is 8.38. The molecule has 3 aromatic rings. The van der Waals surface area contributed by atoms with Gasteiger partial charge in [-0.3, -0.25) is 0 Å². The van der Waals surface area contributed by atoms with E-state index in [0.717, 1.165) is 5.56 Å². The lowest BCUT2D eigenvalue weighted by molar-refractivity contribution is 0.181. The zero-order valence-corrected chi connectivity index (χ0v) is 16.6. The highest BCUT2D eigenvalue weighted by Gasteiger charge is 2.66. The van der Waals surface area contributed by atoms with Gasteiger partial charge >= 0.3 is 0 Å². The Labute approximate surface area is 167 Å². The van der Waals surface area contributed by atoms with E-state index in [9.17, 15) is 13.7 Å². The van der Waals surface area contributed by atoms with Gasteiger partial charge in [-0.25, -0.2) is 22.7 Å². The van der Waals surface area contributed by atoms with E-state index in [0.29, 0.717) is 37.1 Å². The molecule has 2 bridgehead atoms. The van der Waals surface area contributed by atoms with E-state index in [-0.39, 0.29) is 10.7 Å². The summed E-state index contributed by atoms with van der Waals surface area (Å²) in [5.74, 6) is 0.478. The minimum Gasteiger partial charge on any atom is -0.381 e. The van der Waals surface area contributed by atoms with E-state index in [1.54, 1.807) is 24.3 Å². The van der Waals surface area contributed by atoms with Gasteiger partial charge in [-0.2, -0.15) is 14.9 Å². The molecule has 148 valence electrons. The van der Waals surface area contributed by atoms with Gasteiger partial charge in [0.25, 0.3) is 10.0 Å². The van der Waals surface area contributed by atoms with Crippen molar-refractivity contribution in [1.29, 1.82) is 5.26 Å². The van der Waals surface area contributed by atoms with Crippen molar-refractivity contribution in [3.63, 3.8) is 0 Å². The number of aromatic nitrogens is 4. The highest BCUT2D eigenvalue weighted by atomic mass is 32.2. The maximum absolute atomic E-state index is 13.8. The van der Waals surface area contributed by atoms with Crippen molar-refractivity contribution in [3.05, 3.63) is 42.4 Å². The molecule has 9 nitrogen and oxygen atoms in total. The average Bonchev–Trinajstić information content (AvgIpc) is 3.35. The van der Waals surface area contributed by atoms with Crippen LogP contribution in [0.5, 0.6) is 0 Å². The monoisotopic (exact) mass is 409 g/mol. The Kier molecular flexibility index (Phi) is 3.49. The van der Waals surface area contributed by atoms with Crippen molar-refractivity contribution in [1.82, 2.24) is 19.6 Å². The number of hydrogen-bond donors (Lipinski definition) is 1. The molecular formula is C19H19N7O2S. The number of imidazole rings is 1. The number of nitrogens with zero attached hydrogens (tertiary/aromatic N) is 6. The summed E-state index contributed by atoms with van der Waals surface area (Å²) >= 11 is 0. The lowest BCUT2D eigenvalue weighted by Gasteiger charge is -2.49. The standard InChI is InChI=1S/C19H19N7O2S/c1-13-2-4-14(5-3-13)29(27,28)26(19-7-6-18(9-19,10-19)11-20)15-8-22-17-16(21)23-12-24-25(15)17/h2-5,8,12H,6-7,9-10H2,1H3,(H2,21,23,24). The van der Waals surface area contributed by atoms with Crippen LogP contribution in [0.25, 0.3) is 5.65 Å². The van der Waals surface area contributed by atoms with Gasteiger partial charge in [-0.05, 0) is 44.7 Å². The molecule has 6 rings (SSSR count). The first-order valence-electron chi connectivity index (χ1n) is 9.28. The molecule has 3 saturated carbocycles. The molecule has 3 aliphatic rings. The molecule has 0 spiro atoms. The fourth-order valence-corrected chi connectivity index (χ4v) is 6.60. The lowest BCUT2D eigenvalue weighted by atomic mass is 9.66. The maximum Gasteiger partial charge on any atom is 0.266 e. The van der Waals surface area contributed by atoms with Gasteiger partial charge in [0.05, 0.1) is 28.1 Å². The van der Waals surface area contributed by atoms with Crippen molar-refractivity contribution in [2.24, 2.45) is 5.41 Å². The van der Waals surface area contributed by atoms with Crippen LogP contribution in [0.3, 0.4) is 0 Å². The van der Waals surface area contributed by atoms with Crippen LogP contribution < -0.4 is 10.0 Å². The molecule has 0 atom stereocenters. The van der Waals surface area contributed by atoms with Crippen molar-refractivity contribution < 1.29 is 8.42 Å². The number of benzene rings is 1. The van der Waals surface area contributed by atoms with Crippen molar-refractivity contribution >= 4 is 27.3 Å². The van der Waals surface area contributed by atoms with Gasteiger partial charge in [-0.15, -0.1) is 0 Å². The second kappa shape index (κ2) is 5.67. The Bertz CT molecular complexity index is 1270. The zero-order valence-electron chi connectivity index (χ0n) is 15.8. The fraction of sp³-hybridized carbons (Fsp3) is 0.368. The van der Waals surface area contributed by atoms with Gasteiger partial charge in [0, 0.05) is 0 Å². The highest BCUT2D eigenvalue weighted by Crippen LogP contribution is 2.65. The topological polar surface area (TPSA) is 130 Å². The molecule has 2 N–H and O–H groups in total. The number of sulfonamides is 1. The van der Waals surface area contributed by atoms with E-state index >= 15 is 0 Å². The van der Waals surface area contributed by atoms with E-state index in [2.05, 4.69) is 21.1 Å². The Morgan fingerprint density at radius 1 is 1.21 bits per heavy atom. The molecule has 3 fully saturated rings. The first-order chi connectivity index (χ1) is 13.8. The smallest absolute Gasteiger partial charge is 0.266 e. The number of nitrogens with two attached hydrogens (primary N) is 1. The van der Waals surface area contributed by atoms with Crippen LogP contribution in [0.15, 0.2) is 41.7 Å². The number of rotatable bonds is 4. The Morgan fingerprint density at radius 2 is 1.93 bits per heavy atom. The maximum atomic E-state index is 13.8. The van der Waals surface area contributed by atoms with Crippen molar-refractivity contribution in [2.75, 3.05) is 10.0 Å². The number of fused-ring (bicyclic) bond motifs is 2. The number of nitriles is 1. The van der Waals surface area contributed by atoms with Gasteiger partial charge in [0.2, 0.25) is 0 Å². The van der Waals surface area contributed by atoms with Crippen LogP contribution in [0, 0.1) is 23.7 Å². The molecule has 29 heavy (non-hydrogen) atoms. The van der Waals surface area contributed by atoms with E-state index in [1.807, 2.05) is 6.92 Å². The second-order valence-corrected chi connectivity index (χ2v) is 9.84. The molecule has 0 radical (unpaired) electrons. The Balaban J connectivity index is 1.72. The summed E-state index contributed by atoms with van der Waals surface area (Å²) in [6.07, 6.45) is 5.02. The van der Waals surface area contributed by atoms with Crippen LogP contribution in [0.1, 0.15) is 31.2 Å². The van der Waals surface area contributed by atoms with Crippen molar-refractivity contribution in [2.45, 2.75) is 43.0 Å². The summed E-state index contributed by atoms with van der Waals surface area (Å²) in [7, 11) is -3.92. The van der Waals surface area contributed by atoms with Crippen LogP contribution in [0.2, 0.25) is 0 Å². The molecule has 0 unspecified atom stereocenters. The quantitative estimate of drug-likeness (QED) is 0.698. The van der Waals surface area contributed by atoms with Crippen LogP contribution >= 0.6 is 0 Å². The summed E-state index contributed by atoms with van der Waals surface area (Å²) < 4.78 is 30.4. The van der Waals surface area contributed by atoms with E-state index in [4.69, 9.17) is 5.73 Å². The molecule has 3 aliphatic carbocycles. The summed E-state index contributed by atoms with van der Waals surface area (Å²) in [6, 6.07) is 9.13. The predicted molar refractivity (Wildman–Crippen MR) is 105 cm³/mol. The largest absolute Gasteiger partial charge is 0.381 e. The third kappa shape index (κ3) is 2.37. The third-order valence-corrected chi connectivity index (χ3v) is 8.07. The highest BCUT2D eigenvalue weighted by molar-refractivity contribution is 7.92. The first kappa shape index (κ1) is 17.9. The number of anilines is 2. The minimum atomic E-state index is -3.92. The average molecular weight is 409 g/mol. The Hall–Kier alpha value is -3.19. The summed E-state index contributed by atoms with van der Waals surface area (Å²) in [6.45, 7) is 1.90.